The quantitative estimate of drug-likeness (QED) is 0.843. The van der Waals surface area contributed by atoms with Gasteiger partial charge in [-0.1, -0.05) is 0 Å². The van der Waals surface area contributed by atoms with Crippen LogP contribution >= 0.6 is 11.3 Å². The van der Waals surface area contributed by atoms with Crippen molar-refractivity contribution in [2.45, 2.75) is 20.0 Å². The Morgan fingerprint density at radius 2 is 2.10 bits per heavy atom. The number of aryl methyl sites for hydroxylation is 1. The standard InChI is InChI=1S/C13H18N2O4S/c1-8(12(16)15-3-5-18-6-4-15)19-13(17)11-7-10(14)9(2)20-11/h7-8H,3-6,14H2,1-2H3. The zero-order chi connectivity index (χ0) is 14.7. The van der Waals surface area contributed by atoms with E-state index in [4.69, 9.17) is 15.2 Å². The van der Waals surface area contributed by atoms with Crippen LogP contribution in [0.2, 0.25) is 0 Å². The zero-order valence-electron chi connectivity index (χ0n) is 11.5. The highest BCUT2D eigenvalue weighted by Gasteiger charge is 2.26. The van der Waals surface area contributed by atoms with Crippen LogP contribution in [0.3, 0.4) is 0 Å². The van der Waals surface area contributed by atoms with Crippen molar-refractivity contribution >= 4 is 28.9 Å². The summed E-state index contributed by atoms with van der Waals surface area (Å²) < 4.78 is 10.4. The first-order chi connectivity index (χ1) is 9.49. The molecule has 0 spiro atoms. The number of nitrogens with zero attached hydrogens (tertiary/aromatic N) is 1. The zero-order valence-corrected chi connectivity index (χ0v) is 12.4. The van der Waals surface area contributed by atoms with E-state index in [-0.39, 0.29) is 5.91 Å². The summed E-state index contributed by atoms with van der Waals surface area (Å²) in [5, 5.41) is 0. The van der Waals surface area contributed by atoms with E-state index in [0.717, 1.165) is 4.88 Å². The van der Waals surface area contributed by atoms with Gasteiger partial charge in [0.2, 0.25) is 0 Å². The van der Waals surface area contributed by atoms with Crippen LogP contribution in [-0.4, -0.2) is 49.2 Å². The lowest BCUT2D eigenvalue weighted by molar-refractivity contribution is -0.143. The molecule has 0 saturated carbocycles. The Kier molecular flexibility index (Phi) is 4.61. The Morgan fingerprint density at radius 1 is 1.45 bits per heavy atom. The summed E-state index contributed by atoms with van der Waals surface area (Å²) in [5.41, 5.74) is 6.26. The van der Waals surface area contributed by atoms with E-state index in [1.54, 1.807) is 17.9 Å². The summed E-state index contributed by atoms with van der Waals surface area (Å²) in [5.74, 6) is -0.702. The summed E-state index contributed by atoms with van der Waals surface area (Å²) in [6, 6.07) is 1.58. The Morgan fingerprint density at radius 3 is 2.65 bits per heavy atom. The van der Waals surface area contributed by atoms with Crippen LogP contribution in [0.5, 0.6) is 0 Å². The van der Waals surface area contributed by atoms with E-state index in [0.29, 0.717) is 36.9 Å². The predicted molar refractivity (Wildman–Crippen MR) is 75.7 cm³/mol. The van der Waals surface area contributed by atoms with E-state index in [1.807, 2.05) is 6.92 Å². The van der Waals surface area contributed by atoms with Crippen molar-refractivity contribution in [3.8, 4) is 0 Å². The smallest absolute Gasteiger partial charge is 0.349 e. The Hall–Kier alpha value is -1.60. The SMILES string of the molecule is Cc1sc(C(=O)OC(C)C(=O)N2CCOCC2)cc1N. The normalized spacial score (nSPS) is 16.8. The van der Waals surface area contributed by atoms with Gasteiger partial charge >= 0.3 is 5.97 Å². The van der Waals surface area contributed by atoms with E-state index in [2.05, 4.69) is 0 Å². The molecule has 1 aromatic rings. The highest BCUT2D eigenvalue weighted by molar-refractivity contribution is 7.14. The highest BCUT2D eigenvalue weighted by atomic mass is 32.1. The minimum absolute atomic E-state index is 0.192. The second-order valence-corrected chi connectivity index (χ2v) is 5.86. The van der Waals surface area contributed by atoms with Gasteiger partial charge in [0.1, 0.15) is 4.88 Å². The topological polar surface area (TPSA) is 81.9 Å². The number of amides is 1. The summed E-state index contributed by atoms with van der Waals surface area (Å²) in [6.45, 7) is 5.52. The van der Waals surface area contributed by atoms with Gasteiger partial charge in [-0.25, -0.2) is 4.79 Å². The third-order valence-corrected chi connectivity index (χ3v) is 4.16. The van der Waals surface area contributed by atoms with Crippen LogP contribution in [0.4, 0.5) is 5.69 Å². The maximum atomic E-state index is 12.1. The number of nitrogen functional groups attached to an aromatic ring is 1. The average Bonchev–Trinajstić information content (AvgIpc) is 2.79. The lowest BCUT2D eigenvalue weighted by atomic mass is 10.3. The number of carbonyl (C=O) groups excluding carboxylic acids is 2. The molecule has 1 fully saturated rings. The number of esters is 1. The molecule has 1 amide bonds. The number of carbonyl (C=O) groups is 2. The summed E-state index contributed by atoms with van der Waals surface area (Å²) >= 11 is 1.27. The average molecular weight is 298 g/mol. The number of ether oxygens (including phenoxy) is 2. The molecular formula is C13H18N2O4S. The van der Waals surface area contributed by atoms with Crippen LogP contribution in [0.1, 0.15) is 21.5 Å². The van der Waals surface area contributed by atoms with Crippen molar-refractivity contribution < 1.29 is 19.1 Å². The fraction of sp³-hybridized carbons (Fsp3) is 0.538. The van der Waals surface area contributed by atoms with Crippen molar-refractivity contribution in [1.29, 1.82) is 0 Å². The molecule has 1 aromatic heterocycles. The molecule has 110 valence electrons. The number of hydrogen-bond acceptors (Lipinski definition) is 6. The summed E-state index contributed by atoms with van der Waals surface area (Å²) in [6.07, 6.45) is -0.802. The van der Waals surface area contributed by atoms with Gasteiger partial charge in [0.05, 0.1) is 13.2 Å². The third-order valence-electron chi connectivity index (χ3n) is 3.11. The number of rotatable bonds is 3. The minimum atomic E-state index is -0.802. The first-order valence-corrected chi connectivity index (χ1v) is 7.24. The van der Waals surface area contributed by atoms with Gasteiger partial charge in [0, 0.05) is 23.7 Å². The molecule has 0 aliphatic carbocycles. The summed E-state index contributed by atoms with van der Waals surface area (Å²) in [4.78, 5) is 27.0. The molecule has 7 heteroatoms. The maximum Gasteiger partial charge on any atom is 0.349 e. The molecule has 2 N–H and O–H groups in total. The lowest BCUT2D eigenvalue weighted by Gasteiger charge is -2.28. The summed E-state index contributed by atoms with van der Waals surface area (Å²) in [7, 11) is 0. The van der Waals surface area contributed by atoms with E-state index in [9.17, 15) is 9.59 Å². The van der Waals surface area contributed by atoms with Gasteiger partial charge in [-0.15, -0.1) is 11.3 Å². The monoisotopic (exact) mass is 298 g/mol. The number of nitrogens with two attached hydrogens (primary N) is 1. The van der Waals surface area contributed by atoms with E-state index in [1.165, 1.54) is 11.3 Å². The molecule has 1 atom stereocenters. The van der Waals surface area contributed by atoms with Crippen molar-refractivity contribution in [2.24, 2.45) is 0 Å². The first kappa shape index (κ1) is 14.8. The van der Waals surface area contributed by atoms with Crippen LogP contribution < -0.4 is 5.73 Å². The molecule has 0 aromatic carbocycles. The lowest BCUT2D eigenvalue weighted by Crippen LogP contribution is -2.46. The predicted octanol–water partition coefficient (Wildman–Crippen LogP) is 1.04. The Bertz CT molecular complexity index is 489. The van der Waals surface area contributed by atoms with Gasteiger partial charge in [0.25, 0.3) is 5.91 Å². The highest BCUT2D eigenvalue weighted by Crippen LogP contribution is 2.24. The molecule has 1 unspecified atom stereocenters. The van der Waals surface area contributed by atoms with Gasteiger partial charge in [-0.2, -0.15) is 0 Å². The van der Waals surface area contributed by atoms with Crippen LogP contribution in [-0.2, 0) is 14.3 Å². The molecule has 0 bridgehead atoms. The Balaban J connectivity index is 1.94. The fourth-order valence-corrected chi connectivity index (χ4v) is 2.73. The molecule has 1 aliphatic rings. The maximum absolute atomic E-state index is 12.1. The van der Waals surface area contributed by atoms with E-state index >= 15 is 0 Å². The van der Waals surface area contributed by atoms with Crippen LogP contribution in [0.25, 0.3) is 0 Å². The molecule has 2 rings (SSSR count). The minimum Gasteiger partial charge on any atom is -0.448 e. The van der Waals surface area contributed by atoms with Gasteiger partial charge in [-0.3, -0.25) is 4.79 Å². The number of anilines is 1. The number of morpholine rings is 1. The third kappa shape index (κ3) is 3.29. The van der Waals surface area contributed by atoms with E-state index < -0.39 is 12.1 Å². The molecule has 0 radical (unpaired) electrons. The van der Waals surface area contributed by atoms with Crippen molar-refractivity contribution in [3.05, 3.63) is 15.8 Å². The van der Waals surface area contributed by atoms with Crippen molar-refractivity contribution in [3.63, 3.8) is 0 Å². The molecule has 6 nitrogen and oxygen atoms in total. The molecule has 20 heavy (non-hydrogen) atoms. The first-order valence-electron chi connectivity index (χ1n) is 6.42. The second-order valence-electron chi connectivity index (χ2n) is 4.61. The molecular weight excluding hydrogens is 280 g/mol. The van der Waals surface area contributed by atoms with Gasteiger partial charge in [-0.05, 0) is 19.9 Å². The van der Waals surface area contributed by atoms with Gasteiger partial charge in [0.15, 0.2) is 6.10 Å². The Labute approximate surface area is 121 Å². The largest absolute Gasteiger partial charge is 0.448 e. The van der Waals surface area contributed by atoms with Crippen molar-refractivity contribution in [2.75, 3.05) is 32.0 Å². The second kappa shape index (κ2) is 6.23. The molecule has 2 heterocycles. The van der Waals surface area contributed by atoms with Crippen LogP contribution in [0, 0.1) is 6.92 Å². The fourth-order valence-electron chi connectivity index (χ4n) is 1.91. The van der Waals surface area contributed by atoms with Crippen LogP contribution in [0.15, 0.2) is 6.07 Å². The van der Waals surface area contributed by atoms with Gasteiger partial charge < -0.3 is 20.1 Å². The molecule has 1 aliphatic heterocycles. The number of thiophene rings is 1. The molecule has 1 saturated heterocycles. The van der Waals surface area contributed by atoms with Crippen molar-refractivity contribution in [1.82, 2.24) is 4.90 Å². The number of hydrogen-bond donors (Lipinski definition) is 1.